The Morgan fingerprint density at radius 2 is 1.76 bits per heavy atom. The van der Waals surface area contributed by atoms with Gasteiger partial charge in [0.1, 0.15) is 11.9 Å². The maximum Gasteiger partial charge on any atom is 0.326 e. The van der Waals surface area contributed by atoms with E-state index in [-0.39, 0.29) is 31.0 Å². The third-order valence-electron chi connectivity index (χ3n) is 6.69. The van der Waals surface area contributed by atoms with E-state index in [1.165, 1.54) is 23.1 Å². The smallest absolute Gasteiger partial charge is 0.326 e. The number of benzene rings is 2. The monoisotopic (exact) mass is 453 g/mol. The van der Waals surface area contributed by atoms with E-state index in [1.54, 1.807) is 17.9 Å². The number of carbonyl (C=O) groups is 3. The van der Waals surface area contributed by atoms with Gasteiger partial charge in [-0.05, 0) is 30.5 Å². The number of aliphatic carboxylic acids is 1. The highest BCUT2D eigenvalue weighted by atomic mass is 19.1. The van der Waals surface area contributed by atoms with Crippen LogP contribution in [0.4, 0.5) is 4.39 Å². The molecule has 2 heterocycles. The number of hydrogen-bond acceptors (Lipinski definition) is 4. The maximum absolute atomic E-state index is 14.1. The number of amides is 2. The largest absolute Gasteiger partial charge is 0.480 e. The molecule has 174 valence electrons. The van der Waals surface area contributed by atoms with E-state index in [1.807, 2.05) is 30.3 Å². The van der Waals surface area contributed by atoms with Gasteiger partial charge >= 0.3 is 5.97 Å². The molecule has 0 radical (unpaired) electrons. The molecule has 2 aliphatic rings. The molecule has 0 aromatic heterocycles. The molecule has 2 saturated heterocycles. The summed E-state index contributed by atoms with van der Waals surface area (Å²) in [5.41, 5.74) is 0.136. The quantitative estimate of drug-likeness (QED) is 0.702. The molecule has 2 amide bonds. The Hall–Kier alpha value is -3.26. The summed E-state index contributed by atoms with van der Waals surface area (Å²) in [6.45, 7) is 2.33. The highest BCUT2D eigenvalue weighted by Crippen LogP contribution is 2.36. The minimum absolute atomic E-state index is 0.0136. The van der Waals surface area contributed by atoms with E-state index in [0.717, 1.165) is 5.56 Å². The lowest BCUT2D eigenvalue weighted by atomic mass is 9.93. The molecule has 4 rings (SSSR count). The maximum atomic E-state index is 14.1. The number of nitrogens with one attached hydrogen (secondary N) is 1. The molecule has 2 aromatic rings. The van der Waals surface area contributed by atoms with Crippen LogP contribution in [0.25, 0.3) is 0 Å². The van der Waals surface area contributed by atoms with Crippen molar-refractivity contribution in [2.24, 2.45) is 0 Å². The molecule has 2 aromatic carbocycles. The lowest BCUT2D eigenvalue weighted by molar-refractivity contribution is -0.154. The van der Waals surface area contributed by atoms with Crippen molar-refractivity contribution >= 4 is 17.8 Å². The fourth-order valence-electron chi connectivity index (χ4n) is 5.01. The minimum atomic E-state index is -1.04. The molecule has 2 N–H and O–H groups in total. The van der Waals surface area contributed by atoms with E-state index >= 15 is 0 Å². The number of halogens is 1. The Kier molecular flexibility index (Phi) is 6.47. The zero-order valence-electron chi connectivity index (χ0n) is 18.5. The van der Waals surface area contributed by atoms with Gasteiger partial charge in [0, 0.05) is 25.9 Å². The summed E-state index contributed by atoms with van der Waals surface area (Å²) in [6.07, 6.45) is 1.47. The predicted molar refractivity (Wildman–Crippen MR) is 120 cm³/mol. The summed E-state index contributed by atoms with van der Waals surface area (Å²) in [5, 5.41) is 13.3. The highest BCUT2D eigenvalue weighted by molar-refractivity contribution is 5.95. The molecule has 33 heavy (non-hydrogen) atoms. The first-order valence-electron chi connectivity index (χ1n) is 11.3. The highest BCUT2D eigenvalue weighted by Gasteiger charge is 2.55. The second-order valence-corrected chi connectivity index (χ2v) is 8.66. The fourth-order valence-corrected chi connectivity index (χ4v) is 5.01. The second-order valence-electron chi connectivity index (χ2n) is 8.66. The van der Waals surface area contributed by atoms with Crippen molar-refractivity contribution in [2.45, 2.75) is 50.4 Å². The molecule has 2 aliphatic heterocycles. The normalized spacial score (nSPS) is 20.8. The van der Waals surface area contributed by atoms with Crippen molar-refractivity contribution in [2.75, 3.05) is 13.1 Å². The number of carboxylic acid groups (broad SMARTS) is 1. The van der Waals surface area contributed by atoms with Crippen LogP contribution in [0.15, 0.2) is 54.6 Å². The zero-order chi connectivity index (χ0) is 23.6. The van der Waals surface area contributed by atoms with Gasteiger partial charge in [0.2, 0.25) is 5.91 Å². The van der Waals surface area contributed by atoms with Crippen LogP contribution in [0, 0.1) is 5.82 Å². The third kappa shape index (κ3) is 4.35. The summed E-state index contributed by atoms with van der Waals surface area (Å²) in [5.74, 6) is -2.25. The second kappa shape index (κ2) is 9.31. The molecule has 0 bridgehead atoms. The van der Waals surface area contributed by atoms with Gasteiger partial charge in [0.05, 0.1) is 17.3 Å². The molecular formula is C25H28FN3O4. The van der Waals surface area contributed by atoms with Crippen LogP contribution in [0.3, 0.4) is 0 Å². The van der Waals surface area contributed by atoms with Crippen LogP contribution in [-0.4, -0.2) is 63.5 Å². The number of nitrogens with zero attached hydrogens (tertiary/aromatic N) is 2. The molecule has 0 saturated carbocycles. The van der Waals surface area contributed by atoms with E-state index in [0.29, 0.717) is 19.3 Å². The van der Waals surface area contributed by atoms with Crippen molar-refractivity contribution < 1.29 is 23.9 Å². The third-order valence-corrected chi connectivity index (χ3v) is 6.69. The van der Waals surface area contributed by atoms with Crippen molar-refractivity contribution in [3.05, 3.63) is 71.5 Å². The van der Waals surface area contributed by atoms with Gasteiger partial charge < -0.3 is 14.9 Å². The molecule has 1 spiro atoms. The van der Waals surface area contributed by atoms with Crippen molar-refractivity contribution in [3.63, 3.8) is 0 Å². The predicted octanol–water partition coefficient (Wildman–Crippen LogP) is 2.66. The van der Waals surface area contributed by atoms with E-state index in [4.69, 9.17) is 0 Å². The summed E-state index contributed by atoms with van der Waals surface area (Å²) >= 11 is 0. The van der Waals surface area contributed by atoms with Crippen LogP contribution in [-0.2, 0) is 16.0 Å². The first kappa shape index (κ1) is 22.9. The topological polar surface area (TPSA) is 89.9 Å². The average molecular weight is 454 g/mol. The van der Waals surface area contributed by atoms with Crippen LogP contribution < -0.4 is 5.32 Å². The summed E-state index contributed by atoms with van der Waals surface area (Å²) in [6, 6.07) is 13.9. The summed E-state index contributed by atoms with van der Waals surface area (Å²) < 4.78 is 14.1. The standard InChI is InChI=1S/C25H28FN3O4/c1-2-21(24(32)33)29-23(31)20(16-17-8-4-3-5-9-17)27-25(29)12-14-28(15-13-25)22(30)18-10-6-7-11-19(18)26/h3-11,20-21,27H,2,12-16H2,1H3,(H,32,33). The molecule has 0 aliphatic carbocycles. The Balaban J connectivity index is 1.57. The number of hydrogen-bond donors (Lipinski definition) is 2. The van der Waals surface area contributed by atoms with E-state index in [9.17, 15) is 23.9 Å². The van der Waals surface area contributed by atoms with Gasteiger partial charge in [0.15, 0.2) is 0 Å². The zero-order valence-corrected chi connectivity index (χ0v) is 18.5. The Bertz CT molecular complexity index is 1040. The SMILES string of the molecule is CCC(C(=O)O)N1C(=O)C(Cc2ccccc2)NC12CCN(C(=O)c1ccccc1F)CC2. The van der Waals surface area contributed by atoms with Gasteiger partial charge in [-0.15, -0.1) is 0 Å². The molecule has 7 nitrogen and oxygen atoms in total. The Labute approximate surface area is 192 Å². The summed E-state index contributed by atoms with van der Waals surface area (Å²) in [4.78, 5) is 41.4. The molecular weight excluding hydrogens is 425 g/mol. The van der Waals surface area contributed by atoms with Crippen molar-refractivity contribution in [3.8, 4) is 0 Å². The number of likely N-dealkylation sites (tertiary alicyclic amines) is 1. The van der Waals surface area contributed by atoms with Crippen LogP contribution in [0.1, 0.15) is 42.1 Å². The first-order valence-corrected chi connectivity index (χ1v) is 11.3. The van der Waals surface area contributed by atoms with Crippen molar-refractivity contribution in [1.29, 1.82) is 0 Å². The lowest BCUT2D eigenvalue weighted by Gasteiger charge is -2.46. The molecule has 2 unspecified atom stereocenters. The van der Waals surface area contributed by atoms with E-state index < -0.39 is 35.4 Å². The first-order chi connectivity index (χ1) is 15.9. The Morgan fingerprint density at radius 1 is 1.12 bits per heavy atom. The minimum Gasteiger partial charge on any atom is -0.480 e. The average Bonchev–Trinajstić information content (AvgIpc) is 3.06. The number of carboxylic acids is 1. The molecule has 8 heteroatoms. The number of rotatable bonds is 6. The van der Waals surface area contributed by atoms with Gasteiger partial charge in [0.25, 0.3) is 5.91 Å². The summed E-state index contributed by atoms with van der Waals surface area (Å²) in [7, 11) is 0. The molecule has 2 fully saturated rings. The Morgan fingerprint density at radius 3 is 2.36 bits per heavy atom. The molecule has 2 atom stereocenters. The van der Waals surface area contributed by atoms with Crippen molar-refractivity contribution in [1.82, 2.24) is 15.1 Å². The number of carbonyl (C=O) groups excluding carboxylic acids is 2. The van der Waals surface area contributed by atoms with Crippen LogP contribution in [0.2, 0.25) is 0 Å². The number of piperidine rings is 1. The lowest BCUT2D eigenvalue weighted by Crippen LogP contribution is -2.63. The van der Waals surface area contributed by atoms with Gasteiger partial charge in [-0.3, -0.25) is 14.9 Å². The van der Waals surface area contributed by atoms with Gasteiger partial charge in [-0.1, -0.05) is 49.4 Å². The van der Waals surface area contributed by atoms with Gasteiger partial charge in [-0.2, -0.15) is 0 Å². The van der Waals surface area contributed by atoms with E-state index in [2.05, 4.69) is 5.32 Å². The van der Waals surface area contributed by atoms with Crippen LogP contribution in [0.5, 0.6) is 0 Å². The fraction of sp³-hybridized carbons (Fsp3) is 0.400. The van der Waals surface area contributed by atoms with Gasteiger partial charge in [-0.25, -0.2) is 9.18 Å². The van der Waals surface area contributed by atoms with Crippen LogP contribution >= 0.6 is 0 Å².